The first-order chi connectivity index (χ1) is 29.4. The maximum Gasteiger partial charge on any atom is 0.472 e. The molecule has 3 aromatic rings. The Kier molecular flexibility index (Phi) is 18.8. The van der Waals surface area contributed by atoms with Crippen LogP contribution in [-0.4, -0.2) is 69.6 Å². The van der Waals surface area contributed by atoms with Gasteiger partial charge in [0.05, 0.1) is 37.7 Å². The molecule has 0 spiro atoms. The van der Waals surface area contributed by atoms with Crippen LogP contribution in [0, 0.1) is 17.9 Å². The highest BCUT2D eigenvalue weighted by molar-refractivity contribution is 7.47. The molecule has 2 saturated heterocycles. The Morgan fingerprint density at radius 2 is 1.59 bits per heavy atom. The van der Waals surface area contributed by atoms with Crippen LogP contribution in [0.15, 0.2) is 36.7 Å². The molecule has 2 fully saturated rings. The normalized spacial score (nSPS) is 22.1. The van der Waals surface area contributed by atoms with E-state index >= 15 is 0 Å². The van der Waals surface area contributed by atoms with Gasteiger partial charge in [-0.1, -0.05) is 122 Å². The first kappa shape index (κ1) is 48.4. The number of hydrogen-bond donors (Lipinski definition) is 2. The summed E-state index contributed by atoms with van der Waals surface area (Å²) in [5.41, 5.74) is 6.49. The van der Waals surface area contributed by atoms with E-state index in [1.54, 1.807) is 48.7 Å². The summed E-state index contributed by atoms with van der Waals surface area (Å²) in [6.07, 6.45) is 20.3. The average molecular weight is 867 g/mol. The van der Waals surface area contributed by atoms with Gasteiger partial charge < -0.3 is 29.6 Å². The van der Waals surface area contributed by atoms with Gasteiger partial charge in [-0.25, -0.2) is 20.6 Å². The van der Waals surface area contributed by atoms with E-state index < -0.39 is 50.4 Å². The molecule has 4 heterocycles. The van der Waals surface area contributed by atoms with Crippen molar-refractivity contribution < 1.29 is 42.2 Å². The van der Waals surface area contributed by atoms with Crippen molar-refractivity contribution in [2.75, 3.05) is 26.1 Å². The number of nitriles is 1. The number of hydrogen-bond acceptors (Lipinski definition) is 12. The number of ether oxygens (including phenoxy) is 5. The van der Waals surface area contributed by atoms with Gasteiger partial charge in [-0.05, 0) is 50.1 Å². The second-order valence-corrected chi connectivity index (χ2v) is 18.2. The number of nitrogens with two attached hydrogens (primary N) is 1. The summed E-state index contributed by atoms with van der Waals surface area (Å²) in [4.78, 5) is 18.8. The van der Waals surface area contributed by atoms with Crippen LogP contribution in [-0.2, 0) is 39.2 Å². The molecule has 2 aliphatic heterocycles. The molecule has 2 aliphatic rings. The van der Waals surface area contributed by atoms with Crippen LogP contribution >= 0.6 is 7.82 Å². The number of phosphoric acid groups is 1. The van der Waals surface area contributed by atoms with Gasteiger partial charge in [0.1, 0.15) is 35.9 Å². The lowest BCUT2D eigenvalue weighted by molar-refractivity contribution is -0.206. The minimum Gasteiger partial charge on any atom is -0.495 e. The molecule has 5 rings (SSSR count). The topological polar surface area (TPSA) is 186 Å². The van der Waals surface area contributed by atoms with Gasteiger partial charge in [-0.2, -0.15) is 10.4 Å². The number of methoxy groups -OCH3 is 1. The van der Waals surface area contributed by atoms with Crippen LogP contribution in [0.4, 0.5) is 5.82 Å². The smallest absolute Gasteiger partial charge is 0.472 e. The van der Waals surface area contributed by atoms with Crippen molar-refractivity contribution in [3.8, 4) is 11.8 Å². The van der Waals surface area contributed by atoms with E-state index in [0.29, 0.717) is 28.9 Å². The van der Waals surface area contributed by atoms with Gasteiger partial charge in [-0.15, -0.1) is 0 Å². The maximum absolute atomic E-state index is 13.5. The van der Waals surface area contributed by atoms with E-state index in [1.165, 1.54) is 103 Å². The molecule has 1 aromatic carbocycles. The van der Waals surface area contributed by atoms with Crippen LogP contribution in [0.3, 0.4) is 0 Å². The summed E-state index contributed by atoms with van der Waals surface area (Å²) < 4.78 is 56.5. The molecule has 16 heteroatoms. The highest BCUT2D eigenvalue weighted by Gasteiger charge is 2.69. The number of fused-ring (bicyclic) bond motifs is 2. The predicted octanol–water partition coefficient (Wildman–Crippen LogP) is 10.2. The van der Waals surface area contributed by atoms with Crippen molar-refractivity contribution in [1.29, 1.82) is 5.26 Å². The van der Waals surface area contributed by atoms with Crippen molar-refractivity contribution in [2.45, 2.75) is 179 Å². The monoisotopic (exact) mass is 866 g/mol. The molecule has 336 valence electrons. The fourth-order valence-corrected chi connectivity index (χ4v) is 8.98. The minimum absolute atomic E-state index is 0.170. The van der Waals surface area contributed by atoms with Crippen LogP contribution in [0.25, 0.3) is 10.4 Å². The number of unbranched alkanes of at least 4 members (excludes halogenated alkanes) is 16. The number of phosphoric ester groups is 1. The summed E-state index contributed by atoms with van der Waals surface area (Å²) in [5, 5.41) is 13.7. The van der Waals surface area contributed by atoms with Gasteiger partial charge >= 0.3 is 13.5 Å². The van der Waals surface area contributed by atoms with E-state index in [1.807, 2.05) is 0 Å². The third kappa shape index (κ3) is 13.9. The predicted molar refractivity (Wildman–Crippen MR) is 231 cm³/mol. The van der Waals surface area contributed by atoms with Crippen molar-refractivity contribution in [1.82, 2.24) is 14.6 Å². The summed E-state index contributed by atoms with van der Waals surface area (Å²) in [5.74, 6) is -0.376. The van der Waals surface area contributed by atoms with Gasteiger partial charge in [0.15, 0.2) is 24.3 Å². The Bertz CT molecular complexity index is 1950. The number of anilines is 1. The Hall–Kier alpha value is -3.63. The zero-order chi connectivity index (χ0) is 43.7. The highest BCUT2D eigenvalue weighted by Crippen LogP contribution is 2.53. The van der Waals surface area contributed by atoms with Crippen molar-refractivity contribution in [2.24, 2.45) is 0 Å². The molecule has 0 radical (unpaired) electrons. The second-order valence-electron chi connectivity index (χ2n) is 16.8. The average Bonchev–Trinajstić information content (AvgIpc) is 3.92. The minimum atomic E-state index is -4.74. The van der Waals surface area contributed by atoms with Gasteiger partial charge in [0.2, 0.25) is 0 Å². The van der Waals surface area contributed by atoms with Crippen LogP contribution in [0.2, 0.25) is 0 Å². The van der Waals surface area contributed by atoms with E-state index in [-0.39, 0.29) is 19.0 Å². The largest absolute Gasteiger partial charge is 0.495 e. The Balaban J connectivity index is 1.11. The molecular weight excluding hydrogens is 800 g/mol. The molecule has 15 nitrogen and oxygen atoms in total. The summed E-state index contributed by atoms with van der Waals surface area (Å²) in [6, 6.07) is 10.8. The lowest BCUT2D eigenvalue weighted by Crippen LogP contribution is -2.44. The van der Waals surface area contributed by atoms with Gasteiger partial charge in [-0.3, -0.25) is 18.6 Å². The molecule has 1 unspecified atom stereocenters. The lowest BCUT2D eigenvalue weighted by Gasteiger charge is -2.26. The highest BCUT2D eigenvalue weighted by atomic mass is 31.2. The summed E-state index contributed by atoms with van der Waals surface area (Å²) in [7, 11) is -3.24. The van der Waals surface area contributed by atoms with E-state index in [2.05, 4.69) is 27.9 Å². The van der Waals surface area contributed by atoms with Crippen LogP contribution < -0.4 is 10.5 Å². The molecule has 61 heavy (non-hydrogen) atoms. The van der Waals surface area contributed by atoms with Gasteiger partial charge in [0, 0.05) is 0 Å². The van der Waals surface area contributed by atoms with Crippen LogP contribution in [0.1, 0.15) is 159 Å². The second kappa shape index (κ2) is 23.7. The molecule has 0 bridgehead atoms. The number of benzene rings is 1. The SMILES string of the molecule is [C-]#[N+][C@]1(COP(=O)(O)OC[C@@H](CCCCCCCCCCCCCCCCCCC)OCc2ccc(C#N)c(OC)c2)O[C@@H](c2ccc3c(N)ncnn23)[C@@H]2OC(C)(C)O[C@@H]21. The van der Waals surface area contributed by atoms with Crippen molar-refractivity contribution in [3.05, 3.63) is 64.9 Å². The first-order valence-corrected chi connectivity index (χ1v) is 23.7. The zero-order valence-electron chi connectivity index (χ0n) is 36.6. The molecule has 0 amide bonds. The van der Waals surface area contributed by atoms with Crippen molar-refractivity contribution >= 4 is 19.2 Å². The van der Waals surface area contributed by atoms with Crippen LogP contribution in [0.5, 0.6) is 5.75 Å². The van der Waals surface area contributed by atoms with E-state index in [4.69, 9.17) is 45.0 Å². The summed E-state index contributed by atoms with van der Waals surface area (Å²) >= 11 is 0. The van der Waals surface area contributed by atoms with Gasteiger partial charge in [0.25, 0.3) is 0 Å². The number of nitrogen functional groups attached to an aromatic ring is 1. The number of nitrogens with zero attached hydrogens (tertiary/aromatic N) is 5. The molecular formula is C45H67N6O9P. The Morgan fingerprint density at radius 3 is 2.20 bits per heavy atom. The third-order valence-corrected chi connectivity index (χ3v) is 12.5. The Morgan fingerprint density at radius 1 is 0.951 bits per heavy atom. The first-order valence-electron chi connectivity index (χ1n) is 22.3. The molecule has 0 saturated carbocycles. The zero-order valence-corrected chi connectivity index (χ0v) is 37.5. The number of rotatable bonds is 29. The fourth-order valence-electron chi connectivity index (χ4n) is 8.20. The third-order valence-electron chi connectivity index (χ3n) is 11.6. The quantitative estimate of drug-likeness (QED) is 0.0382. The standard InChI is InChI=1S/C45H67N6O9P/c1-6-7-8-9-10-11-12-13-14-15-16-17-18-19-20-21-22-23-36(55-30-34-24-25-35(29-46)39(28-34)54-5)31-56-61(52,53)57-32-45(48-4)42-41(58-44(2,3)60-42)40(59-45)37-26-27-38-43(47)49-33-50-51(37)38/h24-28,33,36,40-42H,6-23,30-32H2,1-3,5H3,(H,52,53)(H2,47,49,50)/t36-,40+,41+,42+,45-/m1/s1. The molecule has 6 atom stereocenters. The molecule has 2 aromatic heterocycles. The lowest BCUT2D eigenvalue weighted by atomic mass is 10.0. The number of aromatic nitrogens is 3. The molecule has 0 aliphatic carbocycles. The fraction of sp³-hybridized carbons (Fsp3) is 0.689. The molecule has 3 N–H and O–H groups in total. The summed E-state index contributed by atoms with van der Waals surface area (Å²) in [6.45, 7) is 13.2. The van der Waals surface area contributed by atoms with E-state index in [9.17, 15) is 14.7 Å². The Labute approximate surface area is 362 Å². The van der Waals surface area contributed by atoms with Crippen molar-refractivity contribution in [3.63, 3.8) is 0 Å². The van der Waals surface area contributed by atoms with E-state index in [0.717, 1.165) is 24.8 Å². The maximum atomic E-state index is 13.5.